The van der Waals surface area contributed by atoms with Crippen LogP contribution in [0.2, 0.25) is 10.0 Å². The first kappa shape index (κ1) is 23.0. The standard InChI is InChI=1S/C21H24Cl2N2O4/c1-3-4-5-6-7-10-29-20-17(22)11-15(12-18(20)23)21(26)24-16-9-8-14(2)19(13-16)25(27)28/h8-9,11-13H,3-7,10H2,1-2H3,(H,24,26). The number of rotatable bonds is 10. The Kier molecular flexibility index (Phi) is 8.73. The Balaban J connectivity index is 2.04. The summed E-state index contributed by atoms with van der Waals surface area (Å²) < 4.78 is 5.69. The Morgan fingerprint density at radius 1 is 1.10 bits per heavy atom. The predicted molar refractivity (Wildman–Crippen MR) is 117 cm³/mol. The molecule has 0 saturated heterocycles. The molecule has 0 aliphatic carbocycles. The van der Waals surface area contributed by atoms with E-state index < -0.39 is 10.8 Å². The topological polar surface area (TPSA) is 81.5 Å². The minimum atomic E-state index is -0.493. The van der Waals surface area contributed by atoms with Crippen LogP contribution in [0.1, 0.15) is 54.9 Å². The van der Waals surface area contributed by atoms with Gasteiger partial charge in [-0.3, -0.25) is 14.9 Å². The number of anilines is 1. The first-order valence-corrected chi connectivity index (χ1v) is 10.3. The molecule has 1 amide bonds. The number of unbranched alkanes of at least 4 members (excludes halogenated alkanes) is 4. The first-order valence-electron chi connectivity index (χ1n) is 9.51. The van der Waals surface area contributed by atoms with Gasteiger partial charge < -0.3 is 10.1 Å². The van der Waals surface area contributed by atoms with Gasteiger partial charge in [0.15, 0.2) is 5.75 Å². The number of carbonyl (C=O) groups excluding carboxylic acids is 1. The highest BCUT2D eigenvalue weighted by Crippen LogP contribution is 2.35. The maximum absolute atomic E-state index is 12.5. The lowest BCUT2D eigenvalue weighted by atomic mass is 10.1. The number of aryl methyl sites for hydroxylation is 1. The van der Waals surface area contributed by atoms with Crippen molar-refractivity contribution in [1.29, 1.82) is 0 Å². The molecule has 8 heteroatoms. The zero-order valence-corrected chi connectivity index (χ0v) is 18.0. The van der Waals surface area contributed by atoms with Crippen molar-refractivity contribution in [3.8, 4) is 5.75 Å². The van der Waals surface area contributed by atoms with E-state index in [1.807, 2.05) is 0 Å². The maximum Gasteiger partial charge on any atom is 0.274 e. The van der Waals surface area contributed by atoms with Gasteiger partial charge in [0.25, 0.3) is 11.6 Å². The lowest BCUT2D eigenvalue weighted by molar-refractivity contribution is -0.385. The number of nitro benzene ring substituents is 1. The number of nitro groups is 1. The van der Waals surface area contributed by atoms with Crippen molar-refractivity contribution >= 4 is 40.5 Å². The van der Waals surface area contributed by atoms with Crippen LogP contribution >= 0.6 is 23.2 Å². The Bertz CT molecular complexity index is 864. The number of hydrogen-bond donors (Lipinski definition) is 1. The summed E-state index contributed by atoms with van der Waals surface area (Å²) >= 11 is 12.5. The number of carbonyl (C=O) groups is 1. The molecule has 2 aromatic rings. The summed E-state index contributed by atoms with van der Waals surface area (Å²) in [6.45, 7) is 4.29. The fraction of sp³-hybridized carbons (Fsp3) is 0.381. The normalized spacial score (nSPS) is 10.6. The highest BCUT2D eigenvalue weighted by atomic mass is 35.5. The van der Waals surface area contributed by atoms with Crippen LogP contribution in [0.15, 0.2) is 30.3 Å². The fourth-order valence-electron chi connectivity index (χ4n) is 2.80. The summed E-state index contributed by atoms with van der Waals surface area (Å²) in [6, 6.07) is 7.42. The number of benzene rings is 2. The van der Waals surface area contributed by atoms with Crippen molar-refractivity contribution < 1.29 is 14.5 Å². The highest BCUT2D eigenvalue weighted by molar-refractivity contribution is 6.37. The summed E-state index contributed by atoms with van der Waals surface area (Å²) in [7, 11) is 0. The number of nitrogens with zero attached hydrogens (tertiary/aromatic N) is 1. The zero-order valence-electron chi connectivity index (χ0n) is 16.5. The maximum atomic E-state index is 12.5. The number of ether oxygens (including phenoxy) is 1. The Labute approximate surface area is 180 Å². The molecule has 0 aliphatic heterocycles. The molecule has 0 radical (unpaired) electrons. The van der Waals surface area contributed by atoms with Crippen LogP contribution in [-0.2, 0) is 0 Å². The quantitative estimate of drug-likeness (QED) is 0.250. The summed E-state index contributed by atoms with van der Waals surface area (Å²) in [5.74, 6) is -0.121. The van der Waals surface area contributed by atoms with E-state index in [0.29, 0.717) is 23.6 Å². The second-order valence-electron chi connectivity index (χ2n) is 6.74. The molecule has 0 heterocycles. The minimum absolute atomic E-state index is 0.0680. The lowest BCUT2D eigenvalue weighted by Crippen LogP contribution is -2.12. The summed E-state index contributed by atoms with van der Waals surface area (Å²) in [6.07, 6.45) is 5.53. The van der Waals surface area contributed by atoms with Crippen LogP contribution in [0.3, 0.4) is 0 Å². The molecule has 2 aromatic carbocycles. The van der Waals surface area contributed by atoms with Crippen molar-refractivity contribution in [2.75, 3.05) is 11.9 Å². The molecule has 1 N–H and O–H groups in total. The van der Waals surface area contributed by atoms with Gasteiger partial charge in [0.2, 0.25) is 0 Å². The molecule has 0 saturated carbocycles. The van der Waals surface area contributed by atoms with E-state index in [1.54, 1.807) is 19.1 Å². The monoisotopic (exact) mass is 438 g/mol. The molecule has 0 unspecified atom stereocenters. The van der Waals surface area contributed by atoms with E-state index in [2.05, 4.69) is 12.2 Å². The van der Waals surface area contributed by atoms with Crippen LogP contribution in [0.5, 0.6) is 5.75 Å². The van der Waals surface area contributed by atoms with Gasteiger partial charge in [-0.2, -0.15) is 0 Å². The van der Waals surface area contributed by atoms with Gasteiger partial charge in [-0.15, -0.1) is 0 Å². The predicted octanol–water partition coefficient (Wildman–Crippen LogP) is 6.81. The van der Waals surface area contributed by atoms with Gasteiger partial charge in [-0.05, 0) is 31.5 Å². The molecule has 6 nitrogen and oxygen atoms in total. The summed E-state index contributed by atoms with van der Waals surface area (Å²) in [4.78, 5) is 23.1. The van der Waals surface area contributed by atoms with Gasteiger partial charge >= 0.3 is 0 Å². The Morgan fingerprint density at radius 2 is 1.76 bits per heavy atom. The molecule has 0 fully saturated rings. The van der Waals surface area contributed by atoms with Crippen molar-refractivity contribution in [1.82, 2.24) is 0 Å². The zero-order chi connectivity index (χ0) is 21.4. The van der Waals surface area contributed by atoms with Crippen molar-refractivity contribution in [2.45, 2.75) is 46.0 Å². The minimum Gasteiger partial charge on any atom is -0.490 e. The van der Waals surface area contributed by atoms with E-state index in [0.717, 1.165) is 19.3 Å². The van der Waals surface area contributed by atoms with Gasteiger partial charge in [-0.25, -0.2) is 0 Å². The van der Waals surface area contributed by atoms with Crippen LogP contribution in [-0.4, -0.2) is 17.4 Å². The molecular formula is C21H24Cl2N2O4. The van der Waals surface area contributed by atoms with Crippen molar-refractivity contribution in [3.05, 3.63) is 61.6 Å². The van der Waals surface area contributed by atoms with Crippen molar-refractivity contribution in [2.24, 2.45) is 0 Å². The van der Waals surface area contributed by atoms with Gasteiger partial charge in [0, 0.05) is 22.9 Å². The number of nitrogens with one attached hydrogen (secondary N) is 1. The lowest BCUT2D eigenvalue weighted by Gasteiger charge is -2.12. The second-order valence-corrected chi connectivity index (χ2v) is 7.56. The highest BCUT2D eigenvalue weighted by Gasteiger charge is 2.16. The summed E-state index contributed by atoms with van der Waals surface area (Å²) in [5, 5.41) is 14.2. The van der Waals surface area contributed by atoms with E-state index in [-0.39, 0.29) is 21.3 Å². The SMILES string of the molecule is CCCCCCCOc1c(Cl)cc(C(=O)Nc2ccc(C)c([N+](=O)[O-])c2)cc1Cl. The van der Waals surface area contributed by atoms with Crippen LogP contribution in [0.4, 0.5) is 11.4 Å². The smallest absolute Gasteiger partial charge is 0.274 e. The summed E-state index contributed by atoms with van der Waals surface area (Å²) in [5.41, 5.74) is 0.988. The Hall–Kier alpha value is -2.31. The van der Waals surface area contributed by atoms with Gasteiger partial charge in [-0.1, -0.05) is 61.9 Å². The average molecular weight is 439 g/mol. The third-order valence-electron chi connectivity index (χ3n) is 4.42. The molecule has 0 spiro atoms. The first-order chi connectivity index (χ1) is 13.8. The molecule has 0 bridgehead atoms. The molecule has 29 heavy (non-hydrogen) atoms. The third kappa shape index (κ3) is 6.61. The molecular weight excluding hydrogens is 415 g/mol. The van der Waals surface area contributed by atoms with E-state index in [1.165, 1.54) is 31.0 Å². The molecule has 0 aliphatic rings. The van der Waals surface area contributed by atoms with E-state index in [4.69, 9.17) is 27.9 Å². The van der Waals surface area contributed by atoms with Crippen molar-refractivity contribution in [3.63, 3.8) is 0 Å². The molecule has 156 valence electrons. The number of halogens is 2. The van der Waals surface area contributed by atoms with Crippen LogP contribution in [0, 0.1) is 17.0 Å². The largest absolute Gasteiger partial charge is 0.490 e. The van der Waals surface area contributed by atoms with Crippen LogP contribution in [0.25, 0.3) is 0 Å². The fourth-order valence-corrected chi connectivity index (χ4v) is 3.39. The molecule has 0 aromatic heterocycles. The van der Waals surface area contributed by atoms with E-state index >= 15 is 0 Å². The average Bonchev–Trinajstić information content (AvgIpc) is 2.67. The molecule has 2 rings (SSSR count). The van der Waals surface area contributed by atoms with Gasteiger partial charge in [0.1, 0.15) is 0 Å². The third-order valence-corrected chi connectivity index (χ3v) is 4.98. The van der Waals surface area contributed by atoms with E-state index in [9.17, 15) is 14.9 Å². The second kappa shape index (κ2) is 11.0. The molecule has 0 atom stereocenters. The number of hydrogen-bond acceptors (Lipinski definition) is 4. The number of amides is 1. The Morgan fingerprint density at radius 3 is 2.38 bits per heavy atom. The van der Waals surface area contributed by atoms with Gasteiger partial charge in [0.05, 0.1) is 21.6 Å². The van der Waals surface area contributed by atoms with Crippen LogP contribution < -0.4 is 10.1 Å².